The van der Waals surface area contributed by atoms with Crippen LogP contribution in [0.4, 0.5) is 4.79 Å². The van der Waals surface area contributed by atoms with Crippen molar-refractivity contribution in [2.75, 3.05) is 39.4 Å². The summed E-state index contributed by atoms with van der Waals surface area (Å²) < 4.78 is 7.28. The second-order valence-electron chi connectivity index (χ2n) is 7.26. The number of hydrogen-bond donors (Lipinski definition) is 0. The lowest BCUT2D eigenvalue weighted by atomic mass is 10.0. The summed E-state index contributed by atoms with van der Waals surface area (Å²) in [7, 11) is 0. The Morgan fingerprint density at radius 2 is 2.00 bits per heavy atom. The number of hydrogen-bond acceptors (Lipinski definition) is 4. The number of aromatic nitrogens is 2. The third-order valence-electron chi connectivity index (χ3n) is 5.33. The summed E-state index contributed by atoms with van der Waals surface area (Å²) in [5.41, 5.74) is 1.83. The molecule has 1 amide bonds. The van der Waals surface area contributed by atoms with Gasteiger partial charge >= 0.3 is 6.03 Å². The molecule has 0 radical (unpaired) electrons. The summed E-state index contributed by atoms with van der Waals surface area (Å²) >= 11 is 0. The third-order valence-corrected chi connectivity index (χ3v) is 5.33. The first-order valence-electron chi connectivity index (χ1n) is 9.23. The van der Waals surface area contributed by atoms with Gasteiger partial charge in [-0.2, -0.15) is 0 Å². The Labute approximate surface area is 148 Å². The van der Waals surface area contributed by atoms with Crippen molar-refractivity contribution in [1.29, 1.82) is 0 Å². The van der Waals surface area contributed by atoms with Gasteiger partial charge in [-0.25, -0.2) is 14.3 Å². The molecule has 0 bridgehead atoms. The molecule has 1 aromatic carbocycles. The van der Waals surface area contributed by atoms with Crippen LogP contribution in [0.2, 0.25) is 0 Å². The molecule has 134 valence electrons. The Morgan fingerprint density at radius 3 is 2.76 bits per heavy atom. The Bertz CT molecular complexity index is 764. The van der Waals surface area contributed by atoms with Gasteiger partial charge in [0, 0.05) is 31.6 Å². The van der Waals surface area contributed by atoms with Crippen molar-refractivity contribution in [3.8, 4) is 0 Å². The van der Waals surface area contributed by atoms with Crippen molar-refractivity contribution in [1.82, 2.24) is 19.4 Å². The monoisotopic (exact) mass is 342 g/mol. The highest BCUT2D eigenvalue weighted by Gasteiger charge is 2.35. The number of imidazole rings is 1. The van der Waals surface area contributed by atoms with Crippen molar-refractivity contribution in [2.45, 2.75) is 32.2 Å². The fourth-order valence-electron chi connectivity index (χ4n) is 3.86. The molecule has 6 heteroatoms. The average molecular weight is 342 g/mol. The topological polar surface area (TPSA) is 50.6 Å². The average Bonchev–Trinajstić information content (AvgIpc) is 3.02. The van der Waals surface area contributed by atoms with Crippen LogP contribution in [0.3, 0.4) is 0 Å². The molecule has 0 spiro atoms. The maximum atomic E-state index is 13.0. The van der Waals surface area contributed by atoms with E-state index in [2.05, 4.69) is 18.7 Å². The summed E-state index contributed by atoms with van der Waals surface area (Å²) in [5.74, 6) is 1.20. The predicted molar refractivity (Wildman–Crippen MR) is 97.0 cm³/mol. The molecular weight excluding hydrogens is 316 g/mol. The maximum absolute atomic E-state index is 13.0. The van der Waals surface area contributed by atoms with E-state index in [9.17, 15) is 4.79 Å². The van der Waals surface area contributed by atoms with Gasteiger partial charge in [-0.15, -0.1) is 0 Å². The van der Waals surface area contributed by atoms with E-state index >= 15 is 0 Å². The third kappa shape index (κ3) is 3.04. The number of para-hydroxylation sites is 2. The van der Waals surface area contributed by atoms with E-state index in [4.69, 9.17) is 9.72 Å². The molecule has 2 aliphatic rings. The van der Waals surface area contributed by atoms with Crippen LogP contribution in [0.5, 0.6) is 0 Å². The minimum Gasteiger partial charge on any atom is -0.379 e. The zero-order valence-electron chi connectivity index (χ0n) is 15.0. The summed E-state index contributed by atoms with van der Waals surface area (Å²) in [6.45, 7) is 9.58. The van der Waals surface area contributed by atoms with Crippen molar-refractivity contribution in [3.05, 3.63) is 30.1 Å². The van der Waals surface area contributed by atoms with Gasteiger partial charge in [-0.05, 0) is 38.9 Å². The number of morpholine rings is 1. The second-order valence-corrected chi connectivity index (χ2v) is 7.26. The normalized spacial score (nSPS) is 22.0. The smallest absolute Gasteiger partial charge is 0.330 e. The molecule has 1 aromatic heterocycles. The molecule has 0 aliphatic carbocycles. The highest BCUT2D eigenvalue weighted by atomic mass is 16.5. The standard InChI is InChI=1S/C19H26N4O2/c1-14(2)22-13-15(7-8-21-9-11-25-12-10-21)18-20-16-5-3-4-6-17(16)23(18)19(22)24/h3-6,14-15H,7-13H2,1-2H3. The molecule has 1 fully saturated rings. The minimum absolute atomic E-state index is 0.0568. The second kappa shape index (κ2) is 6.77. The maximum Gasteiger partial charge on any atom is 0.330 e. The molecule has 2 aliphatic heterocycles. The predicted octanol–water partition coefficient (Wildman–Crippen LogP) is 2.53. The van der Waals surface area contributed by atoms with Crippen molar-refractivity contribution >= 4 is 17.1 Å². The van der Waals surface area contributed by atoms with Gasteiger partial charge < -0.3 is 9.64 Å². The lowest BCUT2D eigenvalue weighted by Crippen LogP contribution is -2.48. The number of benzene rings is 1. The number of carbonyl (C=O) groups is 1. The number of carbonyl (C=O) groups excluding carboxylic acids is 1. The van der Waals surface area contributed by atoms with Crippen LogP contribution < -0.4 is 0 Å². The molecule has 0 N–H and O–H groups in total. The van der Waals surface area contributed by atoms with Gasteiger partial charge in [0.2, 0.25) is 0 Å². The van der Waals surface area contributed by atoms with E-state index in [0.717, 1.165) is 62.7 Å². The van der Waals surface area contributed by atoms with Crippen LogP contribution in [0.1, 0.15) is 32.0 Å². The molecule has 3 heterocycles. The Balaban J connectivity index is 1.64. The Hall–Kier alpha value is -1.92. The number of ether oxygens (including phenoxy) is 1. The number of amides is 1. The van der Waals surface area contributed by atoms with Crippen LogP contribution >= 0.6 is 0 Å². The van der Waals surface area contributed by atoms with Gasteiger partial charge in [0.25, 0.3) is 0 Å². The van der Waals surface area contributed by atoms with Gasteiger partial charge in [0.1, 0.15) is 5.82 Å². The van der Waals surface area contributed by atoms with E-state index in [0.29, 0.717) is 0 Å². The van der Waals surface area contributed by atoms with E-state index in [1.807, 2.05) is 33.7 Å². The van der Waals surface area contributed by atoms with Gasteiger partial charge in [-0.3, -0.25) is 4.90 Å². The Morgan fingerprint density at radius 1 is 1.24 bits per heavy atom. The van der Waals surface area contributed by atoms with Crippen LogP contribution in [0.25, 0.3) is 11.0 Å². The molecule has 25 heavy (non-hydrogen) atoms. The first-order chi connectivity index (χ1) is 12.1. The summed E-state index contributed by atoms with van der Waals surface area (Å²) in [6.07, 6.45) is 1.01. The lowest BCUT2D eigenvalue weighted by molar-refractivity contribution is 0.0357. The molecule has 1 unspecified atom stereocenters. The van der Waals surface area contributed by atoms with E-state index < -0.39 is 0 Å². The van der Waals surface area contributed by atoms with Gasteiger partial charge in [-0.1, -0.05) is 12.1 Å². The van der Waals surface area contributed by atoms with Crippen LogP contribution in [0, 0.1) is 0 Å². The quantitative estimate of drug-likeness (QED) is 0.857. The SMILES string of the molecule is CC(C)N1CC(CCN2CCOCC2)c2nc3ccccc3n2C1=O. The first-order valence-corrected chi connectivity index (χ1v) is 9.23. The fourth-order valence-corrected chi connectivity index (χ4v) is 3.86. The highest BCUT2D eigenvalue weighted by molar-refractivity contribution is 5.91. The largest absolute Gasteiger partial charge is 0.379 e. The van der Waals surface area contributed by atoms with Crippen molar-refractivity contribution in [2.24, 2.45) is 0 Å². The zero-order chi connectivity index (χ0) is 17.4. The zero-order valence-corrected chi connectivity index (χ0v) is 15.0. The van der Waals surface area contributed by atoms with Crippen LogP contribution in [0.15, 0.2) is 24.3 Å². The number of rotatable bonds is 4. The van der Waals surface area contributed by atoms with Gasteiger partial charge in [0.05, 0.1) is 24.2 Å². The van der Waals surface area contributed by atoms with E-state index in [1.54, 1.807) is 0 Å². The fraction of sp³-hybridized carbons (Fsp3) is 0.579. The molecule has 1 atom stereocenters. The van der Waals surface area contributed by atoms with Gasteiger partial charge in [0.15, 0.2) is 0 Å². The van der Waals surface area contributed by atoms with Crippen LogP contribution in [-0.2, 0) is 4.74 Å². The summed E-state index contributed by atoms with van der Waals surface area (Å²) in [6, 6.07) is 8.18. The van der Waals surface area contributed by atoms with E-state index in [1.165, 1.54) is 0 Å². The van der Waals surface area contributed by atoms with E-state index in [-0.39, 0.29) is 18.0 Å². The molecule has 6 nitrogen and oxygen atoms in total. The van der Waals surface area contributed by atoms with Crippen LogP contribution in [-0.4, -0.2) is 70.8 Å². The number of fused-ring (bicyclic) bond motifs is 3. The lowest BCUT2D eigenvalue weighted by Gasteiger charge is -2.36. The minimum atomic E-state index is 0.0568. The molecule has 1 saturated heterocycles. The molecule has 0 saturated carbocycles. The molecule has 2 aromatic rings. The first kappa shape index (κ1) is 16.5. The number of nitrogens with zero attached hydrogens (tertiary/aromatic N) is 4. The highest BCUT2D eigenvalue weighted by Crippen LogP contribution is 2.31. The summed E-state index contributed by atoms with van der Waals surface area (Å²) in [4.78, 5) is 22.2. The van der Waals surface area contributed by atoms with Crippen molar-refractivity contribution < 1.29 is 9.53 Å². The van der Waals surface area contributed by atoms with Crippen molar-refractivity contribution in [3.63, 3.8) is 0 Å². The molecular formula is C19H26N4O2. The Kier molecular flexibility index (Phi) is 4.48. The summed E-state index contributed by atoms with van der Waals surface area (Å²) in [5, 5.41) is 0. The molecule has 4 rings (SSSR count).